The normalized spacial score (nSPS) is 12.2. The molecule has 0 saturated heterocycles. The Morgan fingerprint density at radius 1 is 1.00 bits per heavy atom. The number of rotatable bonds is 8. The number of ketones is 1. The summed E-state index contributed by atoms with van der Waals surface area (Å²) < 4.78 is 22.7. The summed E-state index contributed by atoms with van der Waals surface area (Å²) in [5, 5.41) is 11.3. The number of carbonyl (C=O) groups excluding carboxylic acids is 2. The molecule has 1 amide bonds. The van der Waals surface area contributed by atoms with Crippen LogP contribution in [0.2, 0.25) is 5.02 Å². The van der Waals surface area contributed by atoms with Crippen LogP contribution < -0.4 is 15.8 Å². The Kier molecular flexibility index (Phi) is 7.42. The number of nitrogens with one attached hydrogen (secondary N) is 2. The first-order chi connectivity index (χ1) is 15.1. The average molecular weight is 472 g/mol. The van der Waals surface area contributed by atoms with Crippen molar-refractivity contribution in [1.82, 2.24) is 5.32 Å². The third-order valence-corrected chi connectivity index (χ3v) is 5.98. The third-order valence-electron chi connectivity index (χ3n) is 4.81. The summed E-state index contributed by atoms with van der Waals surface area (Å²) >= 11 is 6.07. The molecule has 32 heavy (non-hydrogen) atoms. The van der Waals surface area contributed by atoms with Gasteiger partial charge in [-0.3, -0.25) is 9.59 Å². The van der Waals surface area contributed by atoms with Gasteiger partial charge in [0.15, 0.2) is 5.78 Å². The summed E-state index contributed by atoms with van der Waals surface area (Å²) in [7, 11) is -3.76. The Morgan fingerprint density at radius 2 is 1.66 bits per heavy atom. The van der Waals surface area contributed by atoms with Gasteiger partial charge in [0.05, 0.1) is 17.1 Å². The van der Waals surface area contributed by atoms with Gasteiger partial charge < -0.3 is 10.6 Å². The van der Waals surface area contributed by atoms with Crippen molar-refractivity contribution in [2.24, 2.45) is 5.14 Å². The Morgan fingerprint density at radius 3 is 2.28 bits per heavy atom. The summed E-state index contributed by atoms with van der Waals surface area (Å²) in [5.74, 6) is -0.595. The number of hydrogen-bond acceptors (Lipinski definition) is 5. The molecule has 0 spiro atoms. The van der Waals surface area contributed by atoms with Gasteiger partial charge >= 0.3 is 0 Å². The van der Waals surface area contributed by atoms with E-state index >= 15 is 0 Å². The molecule has 0 aromatic heterocycles. The number of amides is 1. The number of nitrogens with two attached hydrogens (primary N) is 1. The highest BCUT2D eigenvalue weighted by Gasteiger charge is 2.17. The maximum atomic E-state index is 12.9. The number of halogens is 1. The third kappa shape index (κ3) is 6.02. The fourth-order valence-electron chi connectivity index (χ4n) is 3.06. The van der Waals surface area contributed by atoms with E-state index < -0.39 is 10.0 Å². The largest absolute Gasteiger partial charge is 0.324 e. The SMILES string of the molecule is C[C@@H](NCC(=O)Nc1ccc(Cl)cc1C(=O)c1ccccc1)c1ccc(S(N)(=O)=O)cc1. The lowest BCUT2D eigenvalue weighted by Crippen LogP contribution is -2.30. The molecule has 0 unspecified atom stereocenters. The Hall–Kier alpha value is -3.04. The standard InChI is InChI=1S/C23H22ClN3O4S/c1-15(16-7-10-19(11-8-16)32(25,30)31)26-14-22(28)27-21-12-9-18(24)13-20(21)23(29)17-5-3-2-4-6-17/h2-13,15,26H,14H2,1H3,(H,27,28)(H2,25,30,31)/t15-/m1/s1. The highest BCUT2D eigenvalue weighted by atomic mass is 35.5. The van der Waals surface area contributed by atoms with Gasteiger partial charge in [-0.15, -0.1) is 0 Å². The second-order valence-electron chi connectivity index (χ2n) is 7.15. The van der Waals surface area contributed by atoms with Crippen molar-refractivity contribution in [2.45, 2.75) is 17.9 Å². The van der Waals surface area contributed by atoms with E-state index in [1.807, 2.05) is 13.0 Å². The van der Waals surface area contributed by atoms with Crippen LogP contribution in [0.4, 0.5) is 5.69 Å². The van der Waals surface area contributed by atoms with Crippen molar-refractivity contribution < 1.29 is 18.0 Å². The molecule has 0 radical (unpaired) electrons. The number of sulfonamides is 1. The smallest absolute Gasteiger partial charge is 0.238 e. The first-order valence-corrected chi connectivity index (χ1v) is 11.6. The van der Waals surface area contributed by atoms with E-state index in [0.717, 1.165) is 5.56 Å². The van der Waals surface area contributed by atoms with Gasteiger partial charge in [0, 0.05) is 22.2 Å². The quantitative estimate of drug-likeness (QED) is 0.434. The first-order valence-electron chi connectivity index (χ1n) is 9.70. The number of anilines is 1. The van der Waals surface area contributed by atoms with Crippen LogP contribution in [0.1, 0.15) is 34.5 Å². The topological polar surface area (TPSA) is 118 Å². The fourth-order valence-corrected chi connectivity index (χ4v) is 3.75. The van der Waals surface area contributed by atoms with E-state index in [2.05, 4.69) is 10.6 Å². The maximum Gasteiger partial charge on any atom is 0.238 e. The summed E-state index contributed by atoms with van der Waals surface area (Å²) in [5.41, 5.74) is 1.93. The minimum absolute atomic E-state index is 0.0181. The minimum Gasteiger partial charge on any atom is -0.324 e. The van der Waals surface area contributed by atoms with Crippen LogP contribution in [-0.2, 0) is 14.8 Å². The van der Waals surface area contributed by atoms with Crippen LogP contribution in [0, 0.1) is 0 Å². The molecule has 0 bridgehead atoms. The fraction of sp³-hybridized carbons (Fsp3) is 0.130. The first kappa shape index (κ1) is 23.6. The van der Waals surface area contributed by atoms with Crippen molar-refractivity contribution in [1.29, 1.82) is 0 Å². The number of primary sulfonamides is 1. The van der Waals surface area contributed by atoms with Crippen molar-refractivity contribution in [3.63, 3.8) is 0 Å². The summed E-state index contributed by atoms with van der Waals surface area (Å²) in [6, 6.07) is 19.3. The summed E-state index contributed by atoms with van der Waals surface area (Å²) in [6.45, 7) is 1.81. The van der Waals surface area contributed by atoms with Gasteiger partial charge in [0.2, 0.25) is 15.9 Å². The second kappa shape index (κ2) is 10.1. The van der Waals surface area contributed by atoms with Gasteiger partial charge in [0.1, 0.15) is 0 Å². The van der Waals surface area contributed by atoms with E-state index in [1.165, 1.54) is 18.2 Å². The zero-order valence-corrected chi connectivity index (χ0v) is 18.8. The van der Waals surface area contributed by atoms with Crippen molar-refractivity contribution in [2.75, 3.05) is 11.9 Å². The molecule has 3 rings (SSSR count). The predicted octanol–water partition coefficient (Wildman–Crippen LogP) is 3.51. The predicted molar refractivity (Wildman–Crippen MR) is 124 cm³/mol. The molecule has 0 aliphatic rings. The summed E-state index contributed by atoms with van der Waals surface area (Å²) in [6.07, 6.45) is 0. The monoisotopic (exact) mass is 471 g/mol. The van der Waals surface area contributed by atoms with Crippen molar-refractivity contribution in [3.8, 4) is 0 Å². The number of carbonyl (C=O) groups is 2. The average Bonchev–Trinajstić information content (AvgIpc) is 2.78. The molecule has 7 nitrogen and oxygen atoms in total. The van der Waals surface area contributed by atoms with Gasteiger partial charge in [0.25, 0.3) is 0 Å². The van der Waals surface area contributed by atoms with Gasteiger partial charge in [-0.1, -0.05) is 54.1 Å². The molecule has 4 N–H and O–H groups in total. The molecule has 0 aliphatic carbocycles. The Bertz CT molecular complexity index is 1230. The lowest BCUT2D eigenvalue weighted by Gasteiger charge is -2.16. The van der Waals surface area contributed by atoms with E-state index in [1.54, 1.807) is 48.5 Å². The van der Waals surface area contributed by atoms with Crippen LogP contribution in [-0.4, -0.2) is 26.7 Å². The molecule has 0 fully saturated rings. The molecule has 166 valence electrons. The van der Waals surface area contributed by atoms with Gasteiger partial charge in [-0.05, 0) is 42.8 Å². The van der Waals surface area contributed by atoms with Crippen LogP contribution >= 0.6 is 11.6 Å². The van der Waals surface area contributed by atoms with Crippen molar-refractivity contribution >= 4 is 39.0 Å². The van der Waals surface area contributed by atoms with E-state index in [4.69, 9.17) is 16.7 Å². The number of hydrogen-bond donors (Lipinski definition) is 3. The summed E-state index contributed by atoms with van der Waals surface area (Å²) in [4.78, 5) is 25.4. The Balaban J connectivity index is 1.67. The molecule has 9 heteroatoms. The second-order valence-corrected chi connectivity index (χ2v) is 9.15. The molecule has 1 atom stereocenters. The van der Waals surface area contributed by atoms with Crippen LogP contribution in [0.15, 0.2) is 77.7 Å². The van der Waals surface area contributed by atoms with Crippen LogP contribution in [0.25, 0.3) is 0 Å². The highest BCUT2D eigenvalue weighted by molar-refractivity contribution is 7.89. The molecule has 3 aromatic carbocycles. The molecule has 0 aliphatic heterocycles. The molecule has 3 aromatic rings. The maximum absolute atomic E-state index is 12.9. The molecular formula is C23H22ClN3O4S. The zero-order chi connectivity index (χ0) is 23.3. The Labute approximate surface area is 191 Å². The van der Waals surface area contributed by atoms with Crippen molar-refractivity contribution in [3.05, 3.63) is 94.5 Å². The van der Waals surface area contributed by atoms with Crippen LogP contribution in [0.5, 0.6) is 0 Å². The van der Waals surface area contributed by atoms with E-state index in [9.17, 15) is 18.0 Å². The minimum atomic E-state index is -3.76. The zero-order valence-electron chi connectivity index (χ0n) is 17.2. The highest BCUT2D eigenvalue weighted by Crippen LogP contribution is 2.24. The van der Waals surface area contributed by atoms with Gasteiger partial charge in [-0.2, -0.15) is 0 Å². The number of benzene rings is 3. The molecule has 0 saturated carbocycles. The molecule has 0 heterocycles. The van der Waals surface area contributed by atoms with E-state index in [0.29, 0.717) is 21.8 Å². The van der Waals surface area contributed by atoms with Crippen LogP contribution in [0.3, 0.4) is 0 Å². The lowest BCUT2D eigenvalue weighted by atomic mass is 10.0. The van der Waals surface area contributed by atoms with Gasteiger partial charge in [-0.25, -0.2) is 13.6 Å². The lowest BCUT2D eigenvalue weighted by molar-refractivity contribution is -0.115. The van der Waals surface area contributed by atoms with E-state index in [-0.39, 0.29) is 29.2 Å². The molecular weight excluding hydrogens is 450 g/mol.